The highest BCUT2D eigenvalue weighted by Gasteiger charge is 2.14. The number of thiophene rings is 1. The van der Waals surface area contributed by atoms with E-state index in [9.17, 15) is 14.4 Å². The molecule has 0 radical (unpaired) electrons. The van der Waals surface area contributed by atoms with E-state index in [1.54, 1.807) is 11.3 Å². The summed E-state index contributed by atoms with van der Waals surface area (Å²) in [6.07, 6.45) is 1.48. The maximum absolute atomic E-state index is 12.1. The Morgan fingerprint density at radius 1 is 1.13 bits per heavy atom. The van der Waals surface area contributed by atoms with Crippen LogP contribution in [-0.2, 0) is 9.59 Å². The van der Waals surface area contributed by atoms with Gasteiger partial charge in [0.25, 0.3) is 0 Å². The van der Waals surface area contributed by atoms with E-state index in [0.29, 0.717) is 12.1 Å². The molecule has 0 aliphatic rings. The van der Waals surface area contributed by atoms with Crippen molar-refractivity contribution < 1.29 is 14.4 Å². The highest BCUT2D eigenvalue weighted by Crippen LogP contribution is 2.22. The molecule has 0 unspecified atom stereocenters. The summed E-state index contributed by atoms with van der Waals surface area (Å²) in [6, 6.07) is 2.02. The molecule has 1 aromatic rings. The maximum Gasteiger partial charge on any atom is 0.221 e. The van der Waals surface area contributed by atoms with Crippen LogP contribution in [0.3, 0.4) is 0 Å². The highest BCUT2D eigenvalue weighted by molar-refractivity contribution is 7.12. The standard InChI is InChI=1S/C17H26N2O3S/c1-5-11(2)19-17(22)8-9-18-16(21)7-6-15(20)14-10-12(3)23-13(14)4/h10-11H,5-9H2,1-4H3,(H,18,21)(H,19,22)/t11-/m1/s1. The van der Waals surface area contributed by atoms with E-state index in [4.69, 9.17) is 0 Å². The van der Waals surface area contributed by atoms with Crippen LogP contribution in [0.15, 0.2) is 6.07 Å². The second kappa shape index (κ2) is 9.45. The molecule has 1 heterocycles. The molecule has 0 bridgehead atoms. The van der Waals surface area contributed by atoms with Crippen LogP contribution in [0.2, 0.25) is 0 Å². The molecular weight excluding hydrogens is 312 g/mol. The van der Waals surface area contributed by atoms with E-state index in [0.717, 1.165) is 16.2 Å². The number of rotatable bonds is 9. The number of carbonyl (C=O) groups excluding carboxylic acids is 3. The maximum atomic E-state index is 12.1. The van der Waals surface area contributed by atoms with Gasteiger partial charge in [-0.2, -0.15) is 0 Å². The van der Waals surface area contributed by atoms with Crippen LogP contribution in [0.4, 0.5) is 0 Å². The fourth-order valence-corrected chi connectivity index (χ4v) is 3.06. The zero-order valence-electron chi connectivity index (χ0n) is 14.3. The topological polar surface area (TPSA) is 75.3 Å². The minimum absolute atomic E-state index is 0.00323. The van der Waals surface area contributed by atoms with Crippen LogP contribution < -0.4 is 10.6 Å². The van der Waals surface area contributed by atoms with E-state index >= 15 is 0 Å². The first-order chi connectivity index (χ1) is 10.8. The van der Waals surface area contributed by atoms with E-state index in [1.165, 1.54) is 0 Å². The number of hydrogen-bond acceptors (Lipinski definition) is 4. The van der Waals surface area contributed by atoms with Gasteiger partial charge in [-0.1, -0.05) is 6.92 Å². The quantitative estimate of drug-likeness (QED) is 0.680. The minimum Gasteiger partial charge on any atom is -0.356 e. The smallest absolute Gasteiger partial charge is 0.221 e. The average molecular weight is 338 g/mol. The summed E-state index contributed by atoms with van der Waals surface area (Å²) in [5.41, 5.74) is 0.716. The SMILES string of the molecule is CC[C@@H](C)NC(=O)CCNC(=O)CCC(=O)c1cc(C)sc1C. The molecule has 0 saturated carbocycles. The lowest BCUT2D eigenvalue weighted by atomic mass is 10.1. The third kappa shape index (κ3) is 6.95. The molecule has 1 rings (SSSR count). The van der Waals surface area contributed by atoms with Gasteiger partial charge in [0.2, 0.25) is 11.8 Å². The molecule has 0 saturated heterocycles. The van der Waals surface area contributed by atoms with Gasteiger partial charge in [0.05, 0.1) is 0 Å². The van der Waals surface area contributed by atoms with Crippen LogP contribution >= 0.6 is 11.3 Å². The van der Waals surface area contributed by atoms with Crippen LogP contribution in [-0.4, -0.2) is 30.2 Å². The molecule has 0 fully saturated rings. The Morgan fingerprint density at radius 2 is 1.83 bits per heavy atom. The molecule has 2 amide bonds. The summed E-state index contributed by atoms with van der Waals surface area (Å²) in [5, 5.41) is 5.52. The van der Waals surface area contributed by atoms with Crippen molar-refractivity contribution in [1.82, 2.24) is 10.6 Å². The molecule has 6 heteroatoms. The number of aryl methyl sites for hydroxylation is 2. The molecular formula is C17H26N2O3S. The van der Waals surface area contributed by atoms with Crippen molar-refractivity contribution in [3.8, 4) is 0 Å². The van der Waals surface area contributed by atoms with E-state index in [2.05, 4.69) is 10.6 Å². The molecule has 1 aromatic heterocycles. The number of amides is 2. The molecule has 0 spiro atoms. The minimum atomic E-state index is -0.195. The zero-order valence-corrected chi connectivity index (χ0v) is 15.1. The first kappa shape index (κ1) is 19.4. The number of nitrogens with one attached hydrogen (secondary N) is 2. The van der Waals surface area contributed by atoms with E-state index in [1.807, 2.05) is 33.8 Å². The summed E-state index contributed by atoms with van der Waals surface area (Å²) < 4.78 is 0. The highest BCUT2D eigenvalue weighted by atomic mass is 32.1. The third-order valence-corrected chi connectivity index (χ3v) is 4.58. The molecule has 23 heavy (non-hydrogen) atoms. The Kier molecular flexibility index (Phi) is 7.95. The van der Waals surface area contributed by atoms with Crippen molar-refractivity contribution in [2.75, 3.05) is 6.54 Å². The number of Topliss-reactive ketones (excluding diaryl/α,β-unsaturated/α-hetero) is 1. The van der Waals surface area contributed by atoms with Crippen molar-refractivity contribution in [2.24, 2.45) is 0 Å². The van der Waals surface area contributed by atoms with Crippen LogP contribution in [0.25, 0.3) is 0 Å². The molecule has 1 atom stereocenters. The first-order valence-electron chi connectivity index (χ1n) is 7.99. The normalized spacial score (nSPS) is 11.8. The second-order valence-corrected chi connectivity index (χ2v) is 7.19. The third-order valence-electron chi connectivity index (χ3n) is 3.61. The number of ketones is 1. The fourth-order valence-electron chi connectivity index (χ4n) is 2.12. The Hall–Kier alpha value is -1.69. The van der Waals surface area contributed by atoms with Gasteiger partial charge < -0.3 is 10.6 Å². The largest absolute Gasteiger partial charge is 0.356 e. The van der Waals surface area contributed by atoms with Gasteiger partial charge >= 0.3 is 0 Å². The van der Waals surface area contributed by atoms with Gasteiger partial charge in [0, 0.05) is 47.2 Å². The molecule has 0 aromatic carbocycles. The lowest BCUT2D eigenvalue weighted by Crippen LogP contribution is -2.35. The Morgan fingerprint density at radius 3 is 2.39 bits per heavy atom. The predicted molar refractivity (Wildman–Crippen MR) is 92.9 cm³/mol. The molecule has 2 N–H and O–H groups in total. The van der Waals surface area contributed by atoms with E-state index < -0.39 is 0 Å². The Labute approximate surface area is 141 Å². The van der Waals surface area contributed by atoms with Gasteiger partial charge in [-0.25, -0.2) is 0 Å². The van der Waals surface area contributed by atoms with Crippen LogP contribution in [0, 0.1) is 13.8 Å². The summed E-state index contributed by atoms with van der Waals surface area (Å²) in [5.74, 6) is -0.268. The monoisotopic (exact) mass is 338 g/mol. The summed E-state index contributed by atoms with van der Waals surface area (Å²) in [6.45, 7) is 8.12. The molecule has 0 aliphatic carbocycles. The lowest BCUT2D eigenvalue weighted by Gasteiger charge is -2.11. The lowest BCUT2D eigenvalue weighted by molar-refractivity contribution is -0.122. The molecule has 5 nitrogen and oxygen atoms in total. The fraction of sp³-hybridized carbons (Fsp3) is 0.588. The van der Waals surface area contributed by atoms with E-state index in [-0.39, 0.29) is 42.9 Å². The van der Waals surface area contributed by atoms with Gasteiger partial charge in [-0.05, 0) is 33.3 Å². The average Bonchev–Trinajstić information content (AvgIpc) is 2.83. The van der Waals surface area contributed by atoms with Gasteiger partial charge in [0.15, 0.2) is 5.78 Å². The summed E-state index contributed by atoms with van der Waals surface area (Å²) >= 11 is 1.59. The van der Waals surface area contributed by atoms with Crippen molar-refractivity contribution in [1.29, 1.82) is 0 Å². The summed E-state index contributed by atoms with van der Waals surface area (Å²) in [7, 11) is 0. The number of carbonyl (C=O) groups is 3. The second-order valence-electron chi connectivity index (χ2n) is 5.73. The van der Waals surface area contributed by atoms with Crippen molar-refractivity contribution in [3.05, 3.63) is 21.4 Å². The van der Waals surface area contributed by atoms with Gasteiger partial charge in [-0.15, -0.1) is 11.3 Å². The van der Waals surface area contributed by atoms with Crippen LogP contribution in [0.5, 0.6) is 0 Å². The predicted octanol–water partition coefficient (Wildman–Crippen LogP) is 2.75. The number of hydrogen-bond donors (Lipinski definition) is 2. The van der Waals surface area contributed by atoms with Crippen molar-refractivity contribution >= 4 is 28.9 Å². The Bertz CT molecular complexity index is 566. The van der Waals surface area contributed by atoms with Crippen molar-refractivity contribution in [3.63, 3.8) is 0 Å². The Balaban J connectivity index is 2.25. The molecule has 128 valence electrons. The van der Waals surface area contributed by atoms with Gasteiger partial charge in [0.1, 0.15) is 0 Å². The van der Waals surface area contributed by atoms with Crippen LogP contribution in [0.1, 0.15) is 59.6 Å². The van der Waals surface area contributed by atoms with Crippen molar-refractivity contribution in [2.45, 2.75) is 59.4 Å². The zero-order chi connectivity index (χ0) is 17.4. The summed E-state index contributed by atoms with van der Waals surface area (Å²) in [4.78, 5) is 37.5. The molecule has 0 aliphatic heterocycles. The first-order valence-corrected chi connectivity index (χ1v) is 8.81. The van der Waals surface area contributed by atoms with Gasteiger partial charge in [-0.3, -0.25) is 14.4 Å².